The highest BCUT2D eigenvalue weighted by atomic mass is 16.5. The van der Waals surface area contributed by atoms with Gasteiger partial charge in [0.25, 0.3) is 5.91 Å². The number of rotatable bonds is 2. The van der Waals surface area contributed by atoms with Crippen LogP contribution in [0.4, 0.5) is 0 Å². The lowest BCUT2D eigenvalue weighted by molar-refractivity contribution is -0.176. The molecule has 0 N–H and O–H groups in total. The Balaban J connectivity index is 1.74. The van der Waals surface area contributed by atoms with Crippen molar-refractivity contribution in [3.05, 3.63) is 41.5 Å². The highest BCUT2D eigenvalue weighted by Crippen LogP contribution is 2.39. The van der Waals surface area contributed by atoms with Gasteiger partial charge in [0.2, 0.25) is 0 Å². The Hall–Kier alpha value is -2.07. The smallest absolute Gasteiger partial charge is 0.254 e. The SMILES string of the molecule is COc1ccc(C(=O)N2CC3(COC3)C2)c2c(C)cccc12. The van der Waals surface area contributed by atoms with Crippen molar-refractivity contribution >= 4 is 16.7 Å². The second-order valence-electron chi connectivity index (χ2n) is 6.47. The fourth-order valence-corrected chi connectivity index (χ4v) is 3.57. The Bertz CT molecular complexity index is 756. The summed E-state index contributed by atoms with van der Waals surface area (Å²) in [4.78, 5) is 14.8. The van der Waals surface area contributed by atoms with Crippen LogP contribution in [-0.2, 0) is 4.74 Å². The van der Waals surface area contributed by atoms with Crippen molar-refractivity contribution in [3.8, 4) is 5.75 Å². The summed E-state index contributed by atoms with van der Waals surface area (Å²) in [5.41, 5.74) is 2.11. The van der Waals surface area contributed by atoms with Crippen LogP contribution < -0.4 is 4.74 Å². The topological polar surface area (TPSA) is 38.8 Å². The summed E-state index contributed by atoms with van der Waals surface area (Å²) in [6.45, 7) is 5.24. The number of methoxy groups -OCH3 is 1. The number of likely N-dealkylation sites (tertiary alicyclic amines) is 1. The second kappa shape index (κ2) is 4.71. The Kier molecular flexibility index (Phi) is 2.91. The first-order valence-corrected chi connectivity index (χ1v) is 7.57. The number of fused-ring (bicyclic) bond motifs is 1. The largest absolute Gasteiger partial charge is 0.496 e. The van der Waals surface area contributed by atoms with Crippen molar-refractivity contribution in [3.63, 3.8) is 0 Å². The molecule has 0 aromatic heterocycles. The van der Waals surface area contributed by atoms with Gasteiger partial charge >= 0.3 is 0 Å². The molecule has 4 heteroatoms. The number of amides is 1. The number of carbonyl (C=O) groups is 1. The number of aryl methyl sites for hydroxylation is 1. The molecule has 0 bridgehead atoms. The molecule has 114 valence electrons. The molecule has 0 aliphatic carbocycles. The highest BCUT2D eigenvalue weighted by Gasteiger charge is 2.50. The maximum atomic E-state index is 12.9. The average Bonchev–Trinajstić information content (AvgIpc) is 2.43. The molecular weight excluding hydrogens is 278 g/mol. The molecule has 1 amide bonds. The maximum absolute atomic E-state index is 12.9. The summed E-state index contributed by atoms with van der Waals surface area (Å²) in [5, 5.41) is 1.99. The molecule has 2 aromatic rings. The lowest BCUT2D eigenvalue weighted by Crippen LogP contribution is -2.67. The number of ether oxygens (including phenoxy) is 2. The molecule has 2 heterocycles. The molecule has 22 heavy (non-hydrogen) atoms. The summed E-state index contributed by atoms with van der Waals surface area (Å²) >= 11 is 0. The monoisotopic (exact) mass is 297 g/mol. The summed E-state index contributed by atoms with van der Waals surface area (Å²) in [6.07, 6.45) is 0. The third-order valence-corrected chi connectivity index (χ3v) is 4.82. The molecule has 2 aromatic carbocycles. The van der Waals surface area contributed by atoms with Crippen LogP contribution in [0.2, 0.25) is 0 Å². The molecule has 4 rings (SSSR count). The zero-order chi connectivity index (χ0) is 15.3. The van der Waals surface area contributed by atoms with Gasteiger partial charge in [-0.05, 0) is 24.6 Å². The highest BCUT2D eigenvalue weighted by molar-refractivity contribution is 6.10. The standard InChI is InChI=1S/C18H19NO3/c1-12-4-3-5-13-15(21-2)7-6-14(16(12)13)17(20)19-8-18(9-19)10-22-11-18/h3-7H,8-11H2,1-2H3. The Morgan fingerprint density at radius 3 is 2.64 bits per heavy atom. The van der Waals surface area contributed by atoms with E-state index in [1.165, 1.54) is 0 Å². The van der Waals surface area contributed by atoms with Gasteiger partial charge in [-0.2, -0.15) is 0 Å². The van der Waals surface area contributed by atoms with E-state index in [1.807, 2.05) is 42.2 Å². The molecule has 0 unspecified atom stereocenters. The molecule has 4 nitrogen and oxygen atoms in total. The summed E-state index contributed by atoms with van der Waals surface area (Å²) < 4.78 is 10.7. The first kappa shape index (κ1) is 13.6. The second-order valence-corrected chi connectivity index (χ2v) is 6.47. The van der Waals surface area contributed by atoms with Gasteiger partial charge in [-0.25, -0.2) is 0 Å². The fraction of sp³-hybridized carbons (Fsp3) is 0.389. The number of carbonyl (C=O) groups excluding carboxylic acids is 1. The molecule has 1 spiro atoms. The lowest BCUT2D eigenvalue weighted by Gasteiger charge is -2.55. The maximum Gasteiger partial charge on any atom is 0.254 e. The Morgan fingerprint density at radius 1 is 1.23 bits per heavy atom. The van der Waals surface area contributed by atoms with Gasteiger partial charge in [0.05, 0.1) is 25.7 Å². The van der Waals surface area contributed by atoms with E-state index in [1.54, 1.807) is 7.11 Å². The van der Waals surface area contributed by atoms with Gasteiger partial charge in [-0.1, -0.05) is 18.2 Å². The van der Waals surface area contributed by atoms with E-state index < -0.39 is 0 Å². The van der Waals surface area contributed by atoms with Gasteiger partial charge in [0, 0.05) is 29.4 Å². The Labute approximate surface area is 129 Å². The molecule has 0 saturated carbocycles. The first-order valence-electron chi connectivity index (χ1n) is 7.57. The van der Waals surface area contributed by atoms with Crippen LogP contribution >= 0.6 is 0 Å². The Morgan fingerprint density at radius 2 is 2.00 bits per heavy atom. The quantitative estimate of drug-likeness (QED) is 0.855. The van der Waals surface area contributed by atoms with E-state index in [4.69, 9.17) is 9.47 Å². The summed E-state index contributed by atoms with van der Waals surface area (Å²) in [6, 6.07) is 9.82. The zero-order valence-corrected chi connectivity index (χ0v) is 12.9. The number of hydrogen-bond acceptors (Lipinski definition) is 3. The van der Waals surface area contributed by atoms with Crippen molar-refractivity contribution in [2.45, 2.75) is 6.92 Å². The molecule has 2 aliphatic heterocycles. The molecule has 0 atom stereocenters. The van der Waals surface area contributed by atoms with Gasteiger partial charge in [0.15, 0.2) is 0 Å². The van der Waals surface area contributed by atoms with Gasteiger partial charge in [0.1, 0.15) is 5.75 Å². The summed E-state index contributed by atoms with van der Waals surface area (Å²) in [5.74, 6) is 0.919. The zero-order valence-electron chi connectivity index (χ0n) is 12.9. The molecule has 0 radical (unpaired) electrons. The van der Waals surface area contributed by atoms with Crippen molar-refractivity contribution in [1.82, 2.24) is 4.90 Å². The molecule has 2 aliphatic rings. The van der Waals surface area contributed by atoms with Crippen molar-refractivity contribution < 1.29 is 14.3 Å². The van der Waals surface area contributed by atoms with E-state index in [9.17, 15) is 4.79 Å². The van der Waals surface area contributed by atoms with E-state index in [0.717, 1.165) is 54.0 Å². The number of hydrogen-bond donors (Lipinski definition) is 0. The van der Waals surface area contributed by atoms with Crippen LogP contribution in [0.5, 0.6) is 5.75 Å². The van der Waals surface area contributed by atoms with Crippen molar-refractivity contribution in [1.29, 1.82) is 0 Å². The average molecular weight is 297 g/mol. The third-order valence-electron chi connectivity index (χ3n) is 4.82. The third kappa shape index (κ3) is 1.83. The lowest BCUT2D eigenvalue weighted by atomic mass is 9.77. The van der Waals surface area contributed by atoms with Gasteiger partial charge in [-0.3, -0.25) is 4.79 Å². The predicted molar refractivity (Wildman–Crippen MR) is 84.4 cm³/mol. The van der Waals surface area contributed by atoms with Crippen molar-refractivity contribution in [2.24, 2.45) is 5.41 Å². The van der Waals surface area contributed by atoms with Gasteiger partial charge in [-0.15, -0.1) is 0 Å². The van der Waals surface area contributed by atoms with E-state index >= 15 is 0 Å². The predicted octanol–water partition coefficient (Wildman–Crippen LogP) is 2.63. The van der Waals surface area contributed by atoms with Crippen LogP contribution in [0.15, 0.2) is 30.3 Å². The fourth-order valence-electron chi connectivity index (χ4n) is 3.57. The van der Waals surface area contributed by atoms with Crippen LogP contribution in [-0.4, -0.2) is 44.2 Å². The van der Waals surface area contributed by atoms with E-state index in [-0.39, 0.29) is 11.3 Å². The normalized spacial score (nSPS) is 18.9. The van der Waals surface area contributed by atoms with E-state index in [2.05, 4.69) is 0 Å². The molecule has 2 saturated heterocycles. The number of benzene rings is 2. The first-order chi connectivity index (χ1) is 10.6. The summed E-state index contributed by atoms with van der Waals surface area (Å²) in [7, 11) is 1.66. The van der Waals surface area contributed by atoms with Gasteiger partial charge < -0.3 is 14.4 Å². The minimum Gasteiger partial charge on any atom is -0.496 e. The van der Waals surface area contributed by atoms with Crippen LogP contribution in [0, 0.1) is 12.3 Å². The molecular formula is C18H19NO3. The molecule has 2 fully saturated rings. The van der Waals surface area contributed by atoms with Crippen LogP contribution in [0.3, 0.4) is 0 Å². The van der Waals surface area contributed by atoms with E-state index in [0.29, 0.717) is 0 Å². The van der Waals surface area contributed by atoms with Crippen molar-refractivity contribution in [2.75, 3.05) is 33.4 Å². The van der Waals surface area contributed by atoms with Crippen LogP contribution in [0.1, 0.15) is 15.9 Å². The minimum atomic E-state index is 0.111. The van der Waals surface area contributed by atoms with Crippen LogP contribution in [0.25, 0.3) is 10.8 Å². The number of nitrogens with zero attached hydrogens (tertiary/aromatic N) is 1. The minimum absolute atomic E-state index is 0.111.